The van der Waals surface area contributed by atoms with Crippen molar-refractivity contribution < 1.29 is 29.3 Å². The maximum absolute atomic E-state index is 13.8. The molecule has 190 valence electrons. The number of carbonyl (C=O) groups is 3. The quantitative estimate of drug-likeness (QED) is 0.405. The normalized spacial score (nSPS) is 42.2. The molecular formula is C27H40O6S. The van der Waals surface area contributed by atoms with Crippen LogP contribution in [0.5, 0.6) is 0 Å². The number of aliphatic hydroxyl groups excluding tert-OH is 2. The van der Waals surface area contributed by atoms with E-state index >= 15 is 0 Å². The van der Waals surface area contributed by atoms with Gasteiger partial charge in [0.15, 0.2) is 16.8 Å². The van der Waals surface area contributed by atoms with Crippen molar-refractivity contribution in [2.24, 2.45) is 28.6 Å². The lowest BCUT2D eigenvalue weighted by molar-refractivity contribution is -0.203. The van der Waals surface area contributed by atoms with Gasteiger partial charge in [0.25, 0.3) is 0 Å². The Balaban J connectivity index is 1.74. The highest BCUT2D eigenvalue weighted by Crippen LogP contribution is 2.68. The number of aliphatic hydroxyl groups is 2. The van der Waals surface area contributed by atoms with E-state index in [1.807, 2.05) is 26.8 Å². The van der Waals surface area contributed by atoms with Crippen molar-refractivity contribution in [3.8, 4) is 0 Å². The Morgan fingerprint density at radius 1 is 1.21 bits per heavy atom. The second kappa shape index (κ2) is 9.36. The van der Waals surface area contributed by atoms with Gasteiger partial charge in [-0.2, -0.15) is 0 Å². The Labute approximate surface area is 207 Å². The average molecular weight is 493 g/mol. The first-order valence-electron chi connectivity index (χ1n) is 13.0. The van der Waals surface area contributed by atoms with E-state index in [2.05, 4.69) is 6.92 Å². The van der Waals surface area contributed by atoms with Gasteiger partial charge in [-0.3, -0.25) is 14.4 Å². The summed E-state index contributed by atoms with van der Waals surface area (Å²) in [6.45, 7) is 7.98. The lowest BCUT2D eigenvalue weighted by atomic mass is 9.45. The van der Waals surface area contributed by atoms with Crippen LogP contribution in [0, 0.1) is 28.6 Å². The molecule has 34 heavy (non-hydrogen) atoms. The molecule has 6 nitrogen and oxygen atoms in total. The number of allylic oxidation sites excluding steroid dienone is 1. The molecule has 4 aliphatic rings. The highest BCUT2D eigenvalue weighted by Gasteiger charge is 2.71. The smallest absolute Gasteiger partial charge is 0.306 e. The Kier molecular flexibility index (Phi) is 7.13. The van der Waals surface area contributed by atoms with Crippen LogP contribution in [0.3, 0.4) is 0 Å². The molecule has 0 aliphatic heterocycles. The van der Waals surface area contributed by atoms with Crippen molar-refractivity contribution in [3.05, 3.63) is 11.6 Å². The van der Waals surface area contributed by atoms with E-state index in [-0.39, 0.29) is 35.4 Å². The Hall–Kier alpha value is -1.18. The molecule has 8 atom stereocenters. The molecule has 0 aromatic carbocycles. The molecule has 4 aliphatic carbocycles. The Morgan fingerprint density at radius 2 is 1.94 bits per heavy atom. The molecule has 3 fully saturated rings. The van der Waals surface area contributed by atoms with Crippen LogP contribution in [-0.2, 0) is 19.1 Å². The first-order chi connectivity index (χ1) is 16.0. The van der Waals surface area contributed by atoms with Crippen LogP contribution in [-0.4, -0.2) is 50.6 Å². The molecule has 0 spiro atoms. The van der Waals surface area contributed by atoms with Crippen molar-refractivity contribution in [1.82, 2.24) is 0 Å². The molecular weight excluding hydrogens is 452 g/mol. The van der Waals surface area contributed by atoms with Gasteiger partial charge in [-0.25, -0.2) is 0 Å². The van der Waals surface area contributed by atoms with E-state index in [1.165, 1.54) is 0 Å². The molecule has 0 amide bonds. The van der Waals surface area contributed by atoms with Crippen molar-refractivity contribution in [2.45, 2.75) is 103 Å². The average Bonchev–Trinajstić information content (AvgIpc) is 3.06. The van der Waals surface area contributed by atoms with Crippen molar-refractivity contribution in [3.63, 3.8) is 0 Å². The SMILES string of the molecule is CCCC(=O)O[C@@]1(C(=O)C(O)SCC)CC[C@H]2[C@@H]3CCC4=CC(=O)CC[C@]4(C)[C@H]3[C@@H](O)C[C@@]21C. The predicted octanol–water partition coefficient (Wildman–Crippen LogP) is 4.21. The van der Waals surface area contributed by atoms with Crippen LogP contribution < -0.4 is 0 Å². The van der Waals surface area contributed by atoms with Crippen LogP contribution >= 0.6 is 11.8 Å². The maximum Gasteiger partial charge on any atom is 0.306 e. The molecule has 4 rings (SSSR count). The topological polar surface area (TPSA) is 101 Å². The first kappa shape index (κ1) is 25.9. The van der Waals surface area contributed by atoms with Gasteiger partial charge in [0, 0.05) is 18.3 Å². The third-order valence-corrected chi connectivity index (χ3v) is 10.6. The van der Waals surface area contributed by atoms with Gasteiger partial charge >= 0.3 is 5.97 Å². The monoisotopic (exact) mass is 492 g/mol. The second-order valence-electron chi connectivity index (χ2n) is 11.3. The van der Waals surface area contributed by atoms with E-state index in [0.717, 1.165) is 43.0 Å². The zero-order chi connectivity index (χ0) is 24.9. The van der Waals surface area contributed by atoms with Crippen LogP contribution in [0.15, 0.2) is 11.6 Å². The summed E-state index contributed by atoms with van der Waals surface area (Å²) < 4.78 is 6.09. The molecule has 0 radical (unpaired) electrons. The fourth-order valence-electron chi connectivity index (χ4n) is 8.18. The summed E-state index contributed by atoms with van der Waals surface area (Å²) in [7, 11) is 0. The van der Waals surface area contributed by atoms with Crippen LogP contribution in [0.25, 0.3) is 0 Å². The van der Waals surface area contributed by atoms with Crippen LogP contribution in [0.1, 0.15) is 85.5 Å². The fraction of sp³-hybridized carbons (Fsp3) is 0.815. The standard InChI is InChI=1S/C27H40O6S/c1-5-7-21(30)33-27(23(31)24(32)34-6-2)13-11-19-18-9-8-16-14-17(28)10-12-25(16,3)22(18)20(29)15-26(19,27)4/h14,18-20,22,24,29,32H,5-13,15H2,1-4H3/t18-,19-,20-,22+,24?,25-,26-,27+/m0/s1. The minimum Gasteiger partial charge on any atom is -0.450 e. The summed E-state index contributed by atoms with van der Waals surface area (Å²) in [5.74, 6) is 0.224. The highest BCUT2D eigenvalue weighted by atomic mass is 32.2. The van der Waals surface area contributed by atoms with E-state index in [9.17, 15) is 24.6 Å². The van der Waals surface area contributed by atoms with E-state index in [0.29, 0.717) is 31.4 Å². The molecule has 0 aromatic rings. The molecule has 2 N–H and O–H groups in total. The number of hydrogen-bond acceptors (Lipinski definition) is 7. The number of ether oxygens (including phenoxy) is 1. The molecule has 0 bridgehead atoms. The largest absolute Gasteiger partial charge is 0.450 e. The van der Waals surface area contributed by atoms with Crippen molar-refractivity contribution in [1.29, 1.82) is 0 Å². The minimum atomic E-state index is -1.42. The molecule has 3 saturated carbocycles. The zero-order valence-corrected chi connectivity index (χ0v) is 21.8. The number of fused-ring (bicyclic) bond motifs is 5. The van der Waals surface area contributed by atoms with Gasteiger partial charge in [-0.15, -0.1) is 11.8 Å². The van der Waals surface area contributed by atoms with E-state index in [1.54, 1.807) is 0 Å². The predicted molar refractivity (Wildman–Crippen MR) is 131 cm³/mol. The van der Waals surface area contributed by atoms with E-state index < -0.39 is 34.3 Å². The number of thioether (sulfide) groups is 1. The van der Waals surface area contributed by atoms with Gasteiger partial charge in [-0.1, -0.05) is 33.3 Å². The summed E-state index contributed by atoms with van der Waals surface area (Å²) >= 11 is 1.15. The Morgan fingerprint density at radius 3 is 2.62 bits per heavy atom. The summed E-state index contributed by atoms with van der Waals surface area (Å²) in [4.78, 5) is 38.7. The third kappa shape index (κ3) is 3.81. The summed E-state index contributed by atoms with van der Waals surface area (Å²) in [5, 5.41) is 22.4. The first-order valence-corrected chi connectivity index (χ1v) is 14.1. The number of rotatable bonds is 7. The zero-order valence-electron chi connectivity index (χ0n) is 21.0. The van der Waals surface area contributed by atoms with Crippen LogP contribution in [0.4, 0.5) is 0 Å². The van der Waals surface area contributed by atoms with Gasteiger partial charge in [0.2, 0.25) is 5.78 Å². The summed E-state index contributed by atoms with van der Waals surface area (Å²) in [5.41, 5.74) is -2.48. The number of Topliss-reactive ketones (excluding diaryl/α,β-unsaturated/α-hetero) is 1. The van der Waals surface area contributed by atoms with Gasteiger partial charge < -0.3 is 14.9 Å². The molecule has 1 unspecified atom stereocenters. The maximum atomic E-state index is 13.8. The molecule has 0 aromatic heterocycles. The molecule has 0 heterocycles. The fourth-order valence-corrected chi connectivity index (χ4v) is 8.84. The lowest BCUT2D eigenvalue weighted by Gasteiger charge is -2.60. The van der Waals surface area contributed by atoms with Crippen LogP contribution in [0.2, 0.25) is 0 Å². The third-order valence-electron chi connectivity index (χ3n) is 9.71. The summed E-state index contributed by atoms with van der Waals surface area (Å²) in [6.07, 6.45) is 6.40. The highest BCUT2D eigenvalue weighted by molar-refractivity contribution is 8.00. The van der Waals surface area contributed by atoms with Crippen molar-refractivity contribution in [2.75, 3.05) is 5.75 Å². The number of ketones is 2. The number of carbonyl (C=O) groups excluding carboxylic acids is 3. The second-order valence-corrected chi connectivity index (χ2v) is 12.7. The Bertz CT molecular complexity index is 884. The van der Waals surface area contributed by atoms with Gasteiger partial charge in [0.1, 0.15) is 0 Å². The minimum absolute atomic E-state index is 0.0193. The molecule has 7 heteroatoms. The number of hydrogen-bond donors (Lipinski definition) is 2. The molecule has 0 saturated heterocycles. The number of esters is 1. The van der Waals surface area contributed by atoms with Crippen molar-refractivity contribution >= 4 is 29.3 Å². The lowest BCUT2D eigenvalue weighted by Crippen LogP contribution is -2.64. The van der Waals surface area contributed by atoms with Gasteiger partial charge in [0.05, 0.1) is 6.10 Å². The van der Waals surface area contributed by atoms with E-state index in [4.69, 9.17) is 4.74 Å². The summed E-state index contributed by atoms with van der Waals surface area (Å²) in [6, 6.07) is 0. The van der Waals surface area contributed by atoms with Gasteiger partial charge in [-0.05, 0) is 79.9 Å².